The van der Waals surface area contributed by atoms with Gasteiger partial charge in [0.1, 0.15) is 12.4 Å². The van der Waals surface area contributed by atoms with E-state index in [2.05, 4.69) is 15.3 Å². The van der Waals surface area contributed by atoms with Crippen LogP contribution in [-0.2, 0) is 17.9 Å². The van der Waals surface area contributed by atoms with Crippen molar-refractivity contribution < 1.29 is 4.74 Å². The summed E-state index contributed by atoms with van der Waals surface area (Å²) < 4.78 is 4.91. The second kappa shape index (κ2) is 4.10. The Labute approximate surface area is 66.0 Å². The standard InChI is InChI=1S/C7H13N3O/c1-8-3-6-4-9-7(10-6)5-11-2/h4,8H,3,5H2,1-2H3,(H,9,10). The van der Waals surface area contributed by atoms with Crippen LogP contribution in [0.3, 0.4) is 0 Å². The molecule has 0 atom stereocenters. The summed E-state index contributed by atoms with van der Waals surface area (Å²) in [5.41, 5.74) is 1.08. The van der Waals surface area contributed by atoms with E-state index < -0.39 is 0 Å². The van der Waals surface area contributed by atoms with Gasteiger partial charge in [-0.25, -0.2) is 4.98 Å². The molecule has 0 fully saturated rings. The third kappa shape index (κ3) is 2.32. The first kappa shape index (κ1) is 8.23. The minimum atomic E-state index is 0.545. The van der Waals surface area contributed by atoms with E-state index in [0.29, 0.717) is 6.61 Å². The lowest BCUT2D eigenvalue weighted by atomic mass is 10.5. The smallest absolute Gasteiger partial charge is 0.132 e. The predicted octanol–water partition coefficient (Wildman–Crippen LogP) is 0.275. The zero-order chi connectivity index (χ0) is 8.10. The molecule has 1 aromatic heterocycles. The maximum atomic E-state index is 4.91. The van der Waals surface area contributed by atoms with Crippen molar-refractivity contribution in [2.75, 3.05) is 14.2 Å². The van der Waals surface area contributed by atoms with Crippen LogP contribution in [0.2, 0.25) is 0 Å². The van der Waals surface area contributed by atoms with Gasteiger partial charge in [0.05, 0.1) is 0 Å². The van der Waals surface area contributed by atoms with Crippen LogP contribution in [0, 0.1) is 0 Å². The molecule has 0 aliphatic carbocycles. The van der Waals surface area contributed by atoms with Crippen molar-refractivity contribution in [2.45, 2.75) is 13.2 Å². The number of imidazole rings is 1. The van der Waals surface area contributed by atoms with Crippen molar-refractivity contribution in [1.82, 2.24) is 15.3 Å². The molecular weight excluding hydrogens is 142 g/mol. The zero-order valence-corrected chi connectivity index (χ0v) is 6.85. The third-order valence-corrected chi connectivity index (χ3v) is 1.33. The molecule has 1 rings (SSSR count). The highest BCUT2D eigenvalue weighted by molar-refractivity contribution is 4.99. The van der Waals surface area contributed by atoms with E-state index in [9.17, 15) is 0 Å². The number of hydrogen-bond donors (Lipinski definition) is 2. The molecule has 2 N–H and O–H groups in total. The molecule has 0 saturated heterocycles. The van der Waals surface area contributed by atoms with Gasteiger partial charge in [0.2, 0.25) is 0 Å². The van der Waals surface area contributed by atoms with Gasteiger partial charge >= 0.3 is 0 Å². The summed E-state index contributed by atoms with van der Waals surface area (Å²) in [6.45, 7) is 1.36. The summed E-state index contributed by atoms with van der Waals surface area (Å²) in [5, 5.41) is 3.03. The monoisotopic (exact) mass is 155 g/mol. The number of nitrogens with one attached hydrogen (secondary N) is 2. The third-order valence-electron chi connectivity index (χ3n) is 1.33. The maximum absolute atomic E-state index is 4.91. The summed E-state index contributed by atoms with van der Waals surface area (Å²) in [7, 11) is 3.55. The number of nitrogens with zero attached hydrogens (tertiary/aromatic N) is 1. The Morgan fingerprint density at radius 1 is 1.73 bits per heavy atom. The van der Waals surface area contributed by atoms with Crippen LogP contribution in [0.5, 0.6) is 0 Å². The molecule has 0 saturated carbocycles. The summed E-state index contributed by atoms with van der Waals surface area (Å²) in [5.74, 6) is 0.873. The van der Waals surface area contributed by atoms with Crippen LogP contribution in [-0.4, -0.2) is 24.1 Å². The largest absolute Gasteiger partial charge is 0.377 e. The number of ether oxygens (including phenoxy) is 1. The molecule has 1 heterocycles. The molecule has 0 aliphatic rings. The van der Waals surface area contributed by atoms with Crippen LogP contribution >= 0.6 is 0 Å². The molecule has 0 amide bonds. The lowest BCUT2D eigenvalue weighted by molar-refractivity contribution is 0.178. The lowest BCUT2D eigenvalue weighted by Gasteiger charge is -1.93. The van der Waals surface area contributed by atoms with Crippen LogP contribution in [0.25, 0.3) is 0 Å². The number of aromatic amines is 1. The first-order chi connectivity index (χ1) is 5.36. The highest BCUT2D eigenvalue weighted by Gasteiger charge is 1.97. The fraction of sp³-hybridized carbons (Fsp3) is 0.571. The molecule has 1 aromatic rings. The molecule has 0 bridgehead atoms. The van der Waals surface area contributed by atoms with Crippen molar-refractivity contribution in [1.29, 1.82) is 0 Å². The molecule has 4 heteroatoms. The Balaban J connectivity index is 2.51. The van der Waals surface area contributed by atoms with Crippen LogP contribution in [0.1, 0.15) is 11.5 Å². The number of aromatic nitrogens is 2. The van der Waals surface area contributed by atoms with E-state index in [4.69, 9.17) is 4.74 Å². The SMILES string of the molecule is CNCc1cnc(COC)[nH]1. The molecule has 0 unspecified atom stereocenters. The topological polar surface area (TPSA) is 49.9 Å². The highest BCUT2D eigenvalue weighted by Crippen LogP contribution is 1.96. The summed E-state index contributed by atoms with van der Waals surface area (Å²) in [4.78, 5) is 7.22. The van der Waals surface area contributed by atoms with E-state index in [0.717, 1.165) is 18.1 Å². The molecule has 0 aliphatic heterocycles. The van der Waals surface area contributed by atoms with E-state index in [1.54, 1.807) is 7.11 Å². The minimum Gasteiger partial charge on any atom is -0.377 e. The van der Waals surface area contributed by atoms with Crippen molar-refractivity contribution in [3.63, 3.8) is 0 Å². The summed E-state index contributed by atoms with van der Waals surface area (Å²) >= 11 is 0. The molecule has 62 valence electrons. The van der Waals surface area contributed by atoms with E-state index in [1.165, 1.54) is 0 Å². The summed E-state index contributed by atoms with van der Waals surface area (Å²) in [6.07, 6.45) is 1.81. The second-order valence-electron chi connectivity index (χ2n) is 2.32. The predicted molar refractivity (Wildman–Crippen MR) is 42.1 cm³/mol. The Morgan fingerprint density at radius 3 is 3.18 bits per heavy atom. The van der Waals surface area contributed by atoms with Gasteiger partial charge in [-0.05, 0) is 7.05 Å². The summed E-state index contributed by atoms with van der Waals surface area (Å²) in [6, 6.07) is 0. The molecule has 0 aromatic carbocycles. The van der Waals surface area contributed by atoms with Gasteiger partial charge in [0.25, 0.3) is 0 Å². The normalized spacial score (nSPS) is 10.4. The van der Waals surface area contributed by atoms with Gasteiger partial charge in [-0.2, -0.15) is 0 Å². The zero-order valence-electron chi connectivity index (χ0n) is 6.85. The fourth-order valence-corrected chi connectivity index (χ4v) is 0.896. The Hall–Kier alpha value is -0.870. The van der Waals surface area contributed by atoms with Gasteiger partial charge in [-0.3, -0.25) is 0 Å². The van der Waals surface area contributed by atoms with E-state index in [-0.39, 0.29) is 0 Å². The molecule has 0 radical (unpaired) electrons. The number of H-pyrrole nitrogens is 1. The number of rotatable bonds is 4. The van der Waals surface area contributed by atoms with Gasteiger partial charge in [-0.1, -0.05) is 0 Å². The molecule has 4 nitrogen and oxygen atoms in total. The second-order valence-corrected chi connectivity index (χ2v) is 2.32. The average molecular weight is 155 g/mol. The Morgan fingerprint density at radius 2 is 2.55 bits per heavy atom. The fourth-order valence-electron chi connectivity index (χ4n) is 0.896. The minimum absolute atomic E-state index is 0.545. The van der Waals surface area contributed by atoms with Gasteiger partial charge in [0, 0.05) is 25.5 Å². The molecule has 11 heavy (non-hydrogen) atoms. The van der Waals surface area contributed by atoms with Crippen LogP contribution in [0.4, 0.5) is 0 Å². The quantitative estimate of drug-likeness (QED) is 0.656. The van der Waals surface area contributed by atoms with Crippen LogP contribution < -0.4 is 5.32 Å². The first-order valence-corrected chi connectivity index (χ1v) is 3.53. The average Bonchev–Trinajstić information content (AvgIpc) is 2.38. The van der Waals surface area contributed by atoms with Gasteiger partial charge in [0.15, 0.2) is 0 Å². The van der Waals surface area contributed by atoms with Gasteiger partial charge in [-0.15, -0.1) is 0 Å². The maximum Gasteiger partial charge on any atom is 0.132 e. The van der Waals surface area contributed by atoms with Crippen molar-refractivity contribution in [2.24, 2.45) is 0 Å². The molecular formula is C7H13N3O. The van der Waals surface area contributed by atoms with E-state index >= 15 is 0 Å². The van der Waals surface area contributed by atoms with Crippen molar-refractivity contribution in [3.05, 3.63) is 17.7 Å². The van der Waals surface area contributed by atoms with Crippen molar-refractivity contribution in [3.8, 4) is 0 Å². The number of methoxy groups -OCH3 is 1. The Kier molecular flexibility index (Phi) is 3.07. The highest BCUT2D eigenvalue weighted by atomic mass is 16.5. The van der Waals surface area contributed by atoms with Gasteiger partial charge < -0.3 is 15.0 Å². The van der Waals surface area contributed by atoms with E-state index in [1.807, 2.05) is 13.2 Å². The Bertz CT molecular complexity index is 189. The number of hydrogen-bond acceptors (Lipinski definition) is 3. The first-order valence-electron chi connectivity index (χ1n) is 3.53. The van der Waals surface area contributed by atoms with Crippen molar-refractivity contribution >= 4 is 0 Å². The van der Waals surface area contributed by atoms with Crippen LogP contribution in [0.15, 0.2) is 6.20 Å². The molecule has 0 spiro atoms. The lowest BCUT2D eigenvalue weighted by Crippen LogP contribution is -2.05.